The number of nitrogens with one attached hydrogen (secondary N) is 1. The minimum atomic E-state index is -0.731. The van der Waals surface area contributed by atoms with Crippen LogP contribution in [0.4, 0.5) is 5.69 Å². The van der Waals surface area contributed by atoms with E-state index in [9.17, 15) is 14.9 Å². The number of amides is 1. The number of carbonyl (C=O) groups excluding carboxylic acids is 1. The number of nitrogens with zero attached hydrogens (tertiary/aromatic N) is 1. The van der Waals surface area contributed by atoms with Crippen molar-refractivity contribution in [3.8, 4) is 12.3 Å². The number of benzene rings is 1. The molecule has 0 spiro atoms. The number of anilines is 1. The maximum atomic E-state index is 11.6. The molecule has 5 nitrogen and oxygen atoms in total. The van der Waals surface area contributed by atoms with E-state index in [-0.39, 0.29) is 5.91 Å². The largest absolute Gasteiger partial charge is 0.326 e. The summed E-state index contributed by atoms with van der Waals surface area (Å²) in [6.07, 6.45) is 5.54. The number of hydrogen-bond donors (Lipinski definition) is 1. The predicted octanol–water partition coefficient (Wildman–Crippen LogP) is 1.27. The van der Waals surface area contributed by atoms with Crippen LogP contribution in [0.15, 0.2) is 24.3 Å². The Hall–Kier alpha value is -2.35. The van der Waals surface area contributed by atoms with Crippen molar-refractivity contribution >= 4 is 11.6 Å². The lowest BCUT2D eigenvalue weighted by atomic mass is 10.2. The van der Waals surface area contributed by atoms with Crippen LogP contribution in [-0.2, 0) is 4.79 Å². The van der Waals surface area contributed by atoms with E-state index in [2.05, 4.69) is 11.2 Å². The van der Waals surface area contributed by atoms with Gasteiger partial charge in [0, 0.05) is 22.6 Å². The van der Waals surface area contributed by atoms with E-state index >= 15 is 0 Å². The first kappa shape index (κ1) is 11.1. The van der Waals surface area contributed by atoms with Gasteiger partial charge in [-0.2, -0.15) is 0 Å². The van der Waals surface area contributed by atoms with Gasteiger partial charge in [0.25, 0.3) is 0 Å². The summed E-state index contributed by atoms with van der Waals surface area (Å²) in [6.45, 7) is 0. The molecule has 1 fully saturated rings. The van der Waals surface area contributed by atoms with Crippen molar-refractivity contribution in [2.24, 2.45) is 5.92 Å². The molecule has 0 bridgehead atoms. The first-order valence-corrected chi connectivity index (χ1v) is 5.13. The Labute approximate surface area is 98.0 Å². The van der Waals surface area contributed by atoms with Gasteiger partial charge in [0.1, 0.15) is 5.92 Å². The summed E-state index contributed by atoms with van der Waals surface area (Å²) < 4.78 is 0. The van der Waals surface area contributed by atoms with Crippen molar-refractivity contribution in [3.63, 3.8) is 0 Å². The Morgan fingerprint density at radius 3 is 2.94 bits per heavy atom. The standard InChI is InChI=1S/C12H10N2O3/c1-2-8-4-3-5-9(6-8)13-12(15)10-7-11(10)14(16)17/h1,3-6,10-11H,7H2,(H,13,15)/t10-,11+/m1/s1. The molecule has 86 valence electrons. The van der Waals surface area contributed by atoms with Crippen LogP contribution >= 0.6 is 0 Å². The highest BCUT2D eigenvalue weighted by Gasteiger charge is 2.53. The monoisotopic (exact) mass is 230 g/mol. The third-order valence-electron chi connectivity index (χ3n) is 2.66. The van der Waals surface area contributed by atoms with Gasteiger partial charge in [-0.3, -0.25) is 14.9 Å². The lowest BCUT2D eigenvalue weighted by molar-refractivity contribution is -0.497. The average molecular weight is 230 g/mol. The number of nitro groups is 1. The molecule has 2 rings (SSSR count). The zero-order valence-corrected chi connectivity index (χ0v) is 8.92. The predicted molar refractivity (Wildman–Crippen MR) is 61.9 cm³/mol. The Morgan fingerprint density at radius 2 is 2.35 bits per heavy atom. The quantitative estimate of drug-likeness (QED) is 0.483. The van der Waals surface area contributed by atoms with Crippen molar-refractivity contribution in [2.75, 3.05) is 5.32 Å². The second-order valence-electron chi connectivity index (χ2n) is 3.91. The lowest BCUT2D eigenvalue weighted by Crippen LogP contribution is -2.18. The van der Waals surface area contributed by atoms with Gasteiger partial charge >= 0.3 is 0 Å². The summed E-state index contributed by atoms with van der Waals surface area (Å²) in [5, 5.41) is 13.1. The van der Waals surface area contributed by atoms with Crippen molar-refractivity contribution < 1.29 is 9.72 Å². The van der Waals surface area contributed by atoms with Crippen LogP contribution in [-0.4, -0.2) is 16.9 Å². The van der Waals surface area contributed by atoms with Crippen LogP contribution in [0, 0.1) is 28.4 Å². The summed E-state index contributed by atoms with van der Waals surface area (Å²) in [6, 6.07) is 6.09. The van der Waals surface area contributed by atoms with Crippen molar-refractivity contribution in [1.29, 1.82) is 0 Å². The molecule has 5 heteroatoms. The van der Waals surface area contributed by atoms with E-state index in [4.69, 9.17) is 6.42 Å². The van der Waals surface area contributed by atoms with Crippen molar-refractivity contribution in [2.45, 2.75) is 12.5 Å². The lowest BCUT2D eigenvalue weighted by Gasteiger charge is -2.03. The second kappa shape index (κ2) is 4.26. The summed E-state index contributed by atoms with van der Waals surface area (Å²) in [4.78, 5) is 21.6. The molecule has 0 aliphatic heterocycles. The van der Waals surface area contributed by atoms with Gasteiger partial charge in [-0.15, -0.1) is 6.42 Å². The van der Waals surface area contributed by atoms with Crippen LogP contribution in [0.3, 0.4) is 0 Å². The van der Waals surface area contributed by atoms with Crippen LogP contribution in [0.25, 0.3) is 0 Å². The van der Waals surface area contributed by atoms with Gasteiger partial charge in [-0.05, 0) is 18.2 Å². The first-order chi connectivity index (χ1) is 8.11. The summed E-state index contributed by atoms with van der Waals surface area (Å²) in [7, 11) is 0. The molecule has 0 saturated heterocycles. The fourth-order valence-electron chi connectivity index (χ4n) is 1.62. The molecule has 1 aromatic rings. The molecule has 1 aliphatic rings. The van der Waals surface area contributed by atoms with Crippen LogP contribution in [0.5, 0.6) is 0 Å². The molecule has 2 atom stereocenters. The van der Waals surface area contributed by atoms with Crippen LogP contribution in [0.2, 0.25) is 0 Å². The number of carbonyl (C=O) groups is 1. The number of rotatable bonds is 3. The fraction of sp³-hybridized carbons (Fsp3) is 0.250. The highest BCUT2D eigenvalue weighted by molar-refractivity contribution is 5.94. The maximum absolute atomic E-state index is 11.6. The molecule has 1 aliphatic carbocycles. The van der Waals surface area contributed by atoms with Gasteiger partial charge in [0.2, 0.25) is 11.9 Å². The molecule has 17 heavy (non-hydrogen) atoms. The molecule has 0 radical (unpaired) electrons. The zero-order chi connectivity index (χ0) is 12.4. The summed E-state index contributed by atoms with van der Waals surface area (Å²) in [5.41, 5.74) is 1.23. The molecule has 0 unspecified atom stereocenters. The molecular weight excluding hydrogens is 220 g/mol. The molecule has 1 amide bonds. The molecule has 0 heterocycles. The highest BCUT2D eigenvalue weighted by atomic mass is 16.6. The third kappa shape index (κ3) is 2.42. The number of terminal acetylenes is 1. The van der Waals surface area contributed by atoms with Crippen molar-refractivity contribution in [3.05, 3.63) is 39.9 Å². The topological polar surface area (TPSA) is 72.2 Å². The molecule has 1 saturated carbocycles. The Bertz CT molecular complexity index is 519. The summed E-state index contributed by atoms with van der Waals surface area (Å²) >= 11 is 0. The SMILES string of the molecule is C#Cc1cccc(NC(=O)[C@@H]2C[C@@H]2[N+](=O)[O-])c1. The van der Waals surface area contributed by atoms with Gasteiger partial charge < -0.3 is 5.32 Å². The van der Waals surface area contributed by atoms with Crippen LogP contribution < -0.4 is 5.32 Å². The molecular formula is C12H10N2O3. The Balaban J connectivity index is 2.00. The zero-order valence-electron chi connectivity index (χ0n) is 8.92. The number of hydrogen-bond acceptors (Lipinski definition) is 3. The van der Waals surface area contributed by atoms with Gasteiger partial charge in [-0.25, -0.2) is 0 Å². The summed E-state index contributed by atoms with van der Waals surface area (Å²) in [5.74, 6) is 1.62. The smallest absolute Gasteiger partial charge is 0.234 e. The van der Waals surface area contributed by atoms with Crippen molar-refractivity contribution in [1.82, 2.24) is 0 Å². The average Bonchev–Trinajstić information content (AvgIpc) is 3.09. The first-order valence-electron chi connectivity index (χ1n) is 5.13. The highest BCUT2D eigenvalue weighted by Crippen LogP contribution is 2.34. The van der Waals surface area contributed by atoms with E-state index in [1.54, 1.807) is 24.3 Å². The third-order valence-corrected chi connectivity index (χ3v) is 2.66. The van der Waals surface area contributed by atoms with E-state index in [1.807, 2.05) is 0 Å². The van der Waals surface area contributed by atoms with Gasteiger partial charge in [0.15, 0.2) is 0 Å². The molecule has 0 aromatic heterocycles. The van der Waals surface area contributed by atoms with E-state index in [1.165, 1.54) is 0 Å². The van der Waals surface area contributed by atoms with Crippen LogP contribution in [0.1, 0.15) is 12.0 Å². The molecule has 1 aromatic carbocycles. The second-order valence-corrected chi connectivity index (χ2v) is 3.91. The van der Waals surface area contributed by atoms with E-state index in [0.717, 1.165) is 0 Å². The Morgan fingerprint density at radius 1 is 1.59 bits per heavy atom. The van der Waals surface area contributed by atoms with E-state index < -0.39 is 16.9 Å². The minimum Gasteiger partial charge on any atom is -0.326 e. The van der Waals surface area contributed by atoms with Gasteiger partial charge in [-0.1, -0.05) is 12.0 Å². The Kier molecular flexibility index (Phi) is 2.79. The maximum Gasteiger partial charge on any atom is 0.234 e. The molecule has 1 N–H and O–H groups in total. The fourth-order valence-corrected chi connectivity index (χ4v) is 1.62. The normalized spacial score (nSPS) is 21.4. The minimum absolute atomic E-state index is 0.313. The van der Waals surface area contributed by atoms with Gasteiger partial charge in [0.05, 0.1) is 0 Å². The van der Waals surface area contributed by atoms with E-state index in [0.29, 0.717) is 17.7 Å².